The van der Waals surface area contributed by atoms with Crippen LogP contribution in [0.3, 0.4) is 0 Å². The number of nitrogens with zero attached hydrogens (tertiary/aromatic N) is 1. The molecule has 8 nitrogen and oxygen atoms in total. The molecular weight excluding hydrogens is 436 g/mol. The summed E-state index contributed by atoms with van der Waals surface area (Å²) in [5.41, 5.74) is -0.0892. The van der Waals surface area contributed by atoms with Crippen LogP contribution in [0.1, 0.15) is 39.5 Å². The van der Waals surface area contributed by atoms with Crippen molar-refractivity contribution in [3.05, 3.63) is 35.6 Å². The molecule has 2 amide bonds. The third-order valence-corrected chi connectivity index (χ3v) is 8.16. The Morgan fingerprint density at radius 2 is 1.44 bits per heavy atom. The van der Waals surface area contributed by atoms with Gasteiger partial charge in [0.15, 0.2) is 11.6 Å². The van der Waals surface area contributed by atoms with Crippen molar-refractivity contribution in [1.29, 1.82) is 0 Å². The summed E-state index contributed by atoms with van der Waals surface area (Å²) in [5.74, 6) is -1.73. The molecule has 0 aromatic rings. The fourth-order valence-electron chi connectivity index (χ4n) is 6.67. The minimum Gasteiger partial charge on any atom is -0.480 e. The molecule has 1 aliphatic heterocycles. The average molecular weight is 467 g/mol. The van der Waals surface area contributed by atoms with Crippen LogP contribution < -0.4 is 5.32 Å². The predicted molar refractivity (Wildman–Crippen MR) is 121 cm³/mol. The molecule has 1 heterocycles. The van der Waals surface area contributed by atoms with Gasteiger partial charge in [-0.3, -0.25) is 28.9 Å². The van der Waals surface area contributed by atoms with Crippen molar-refractivity contribution < 1.29 is 29.1 Å². The topological polar surface area (TPSA) is 121 Å². The van der Waals surface area contributed by atoms with Gasteiger partial charge in [0.25, 0.3) is 0 Å². The number of carbonyl (C=O) groups excluding carboxylic acids is 4. The van der Waals surface area contributed by atoms with Crippen LogP contribution in [0, 0.1) is 40.9 Å². The third-order valence-electron chi connectivity index (χ3n) is 8.16. The molecule has 180 valence electrons. The summed E-state index contributed by atoms with van der Waals surface area (Å²) in [6.45, 7) is 3.49. The number of allylic oxidation sites excluding steroid dienone is 6. The molecule has 34 heavy (non-hydrogen) atoms. The number of hydrogen-bond donors (Lipinski definition) is 2. The van der Waals surface area contributed by atoms with Gasteiger partial charge in [-0.2, -0.15) is 0 Å². The summed E-state index contributed by atoms with van der Waals surface area (Å²) in [4.78, 5) is 64.4. The first kappa shape index (κ1) is 22.7. The Labute approximate surface area is 198 Å². The van der Waals surface area contributed by atoms with Crippen molar-refractivity contribution in [2.75, 3.05) is 13.1 Å². The van der Waals surface area contributed by atoms with Gasteiger partial charge in [-0.15, -0.1) is 0 Å². The van der Waals surface area contributed by atoms with Crippen molar-refractivity contribution in [2.24, 2.45) is 40.9 Å². The van der Waals surface area contributed by atoms with E-state index in [0.717, 1.165) is 0 Å². The molecule has 0 spiro atoms. The molecule has 2 bridgehead atoms. The van der Waals surface area contributed by atoms with Gasteiger partial charge in [0.1, 0.15) is 6.54 Å². The lowest BCUT2D eigenvalue weighted by atomic mass is 9.50. The van der Waals surface area contributed by atoms with Crippen LogP contribution in [0.2, 0.25) is 0 Å². The average Bonchev–Trinajstić information content (AvgIpc) is 2.96. The second-order valence-electron chi connectivity index (χ2n) is 11.0. The van der Waals surface area contributed by atoms with E-state index in [1.165, 1.54) is 4.90 Å². The fraction of sp³-hybridized carbons (Fsp3) is 0.577. The lowest BCUT2D eigenvalue weighted by Gasteiger charge is -2.51. The van der Waals surface area contributed by atoms with Crippen LogP contribution >= 0.6 is 0 Å². The van der Waals surface area contributed by atoms with E-state index in [9.17, 15) is 24.0 Å². The molecule has 6 atom stereocenters. The van der Waals surface area contributed by atoms with E-state index in [0.29, 0.717) is 24.0 Å². The maximum absolute atomic E-state index is 13.2. The Bertz CT molecular complexity index is 1020. The number of imide groups is 1. The minimum absolute atomic E-state index is 0.0400. The van der Waals surface area contributed by atoms with Crippen LogP contribution in [0.5, 0.6) is 0 Å². The van der Waals surface area contributed by atoms with E-state index in [2.05, 4.69) is 29.6 Å². The first-order valence-corrected chi connectivity index (χ1v) is 12.1. The molecule has 6 unspecified atom stereocenters. The molecule has 5 aliphatic carbocycles. The summed E-state index contributed by atoms with van der Waals surface area (Å²) in [5, 5.41) is 11.9. The molecule has 8 heteroatoms. The van der Waals surface area contributed by atoms with Crippen molar-refractivity contribution >= 4 is 29.4 Å². The van der Waals surface area contributed by atoms with Crippen molar-refractivity contribution in [3.8, 4) is 0 Å². The standard InChI is InChI=1S/C26H30N2O6/c1-26(2)10-18(29)23(19(30)11-26)17(27-12-20(31)32)4-3-9-28-24(33)21-15-7-8-16(22(21)25(28)34)14-6-5-13(14)15/h5-8,13-16,21-22,27H,3-4,9-12H2,1-2H3,(H,31,32). The van der Waals surface area contributed by atoms with Crippen LogP contribution in [-0.4, -0.2) is 52.4 Å². The number of carboxylic acid groups (broad SMARTS) is 1. The summed E-state index contributed by atoms with van der Waals surface area (Å²) in [7, 11) is 0. The Balaban J connectivity index is 1.30. The molecule has 0 radical (unpaired) electrons. The van der Waals surface area contributed by atoms with Crippen LogP contribution in [0.4, 0.5) is 0 Å². The first-order valence-electron chi connectivity index (χ1n) is 12.1. The van der Waals surface area contributed by atoms with Gasteiger partial charge in [-0.1, -0.05) is 38.2 Å². The number of amides is 2. The van der Waals surface area contributed by atoms with E-state index < -0.39 is 17.9 Å². The van der Waals surface area contributed by atoms with Crippen molar-refractivity contribution in [3.63, 3.8) is 0 Å². The lowest BCUT2D eigenvalue weighted by molar-refractivity contribution is -0.140. The van der Waals surface area contributed by atoms with Gasteiger partial charge in [-0.05, 0) is 41.9 Å². The second-order valence-corrected chi connectivity index (χ2v) is 11.0. The number of Topliss-reactive ketones (excluding diaryl/α,β-unsaturated/α-hetero) is 2. The van der Waals surface area contributed by atoms with E-state index in [1.807, 2.05) is 13.8 Å². The van der Waals surface area contributed by atoms with Crippen molar-refractivity contribution in [1.82, 2.24) is 10.2 Å². The van der Waals surface area contributed by atoms with E-state index in [-0.39, 0.29) is 78.4 Å². The van der Waals surface area contributed by atoms with E-state index >= 15 is 0 Å². The Morgan fingerprint density at radius 1 is 0.941 bits per heavy atom. The summed E-state index contributed by atoms with van der Waals surface area (Å²) >= 11 is 0. The largest absolute Gasteiger partial charge is 0.480 e. The monoisotopic (exact) mass is 466 g/mol. The van der Waals surface area contributed by atoms with Crippen LogP contribution in [0.15, 0.2) is 35.6 Å². The second kappa shape index (κ2) is 8.03. The van der Waals surface area contributed by atoms with Gasteiger partial charge >= 0.3 is 5.97 Å². The number of hydrogen-bond acceptors (Lipinski definition) is 6. The zero-order valence-electron chi connectivity index (χ0n) is 19.5. The Morgan fingerprint density at radius 3 is 1.91 bits per heavy atom. The number of carboxylic acids is 1. The highest BCUT2D eigenvalue weighted by molar-refractivity contribution is 6.22. The highest BCUT2D eigenvalue weighted by Gasteiger charge is 2.62. The summed E-state index contributed by atoms with van der Waals surface area (Å²) in [6, 6.07) is 0. The van der Waals surface area contributed by atoms with Gasteiger partial charge in [0, 0.05) is 25.1 Å². The van der Waals surface area contributed by atoms with E-state index in [4.69, 9.17) is 5.11 Å². The van der Waals surface area contributed by atoms with Crippen LogP contribution in [0.25, 0.3) is 0 Å². The molecule has 0 aromatic heterocycles. The maximum Gasteiger partial charge on any atom is 0.322 e. The first-order chi connectivity index (χ1) is 16.1. The molecule has 2 N–H and O–H groups in total. The molecule has 0 aromatic carbocycles. The molecule has 3 fully saturated rings. The highest BCUT2D eigenvalue weighted by atomic mass is 16.4. The smallest absolute Gasteiger partial charge is 0.322 e. The van der Waals surface area contributed by atoms with Crippen molar-refractivity contribution in [2.45, 2.75) is 39.5 Å². The number of nitrogens with one attached hydrogen (secondary N) is 1. The van der Waals surface area contributed by atoms with Gasteiger partial charge < -0.3 is 10.4 Å². The van der Waals surface area contributed by atoms with Gasteiger partial charge in [-0.25, -0.2) is 0 Å². The number of carbonyl (C=O) groups is 5. The molecular formula is C26H30N2O6. The zero-order valence-corrected chi connectivity index (χ0v) is 19.5. The van der Waals surface area contributed by atoms with Gasteiger partial charge in [0.2, 0.25) is 11.8 Å². The minimum atomic E-state index is -1.10. The fourth-order valence-corrected chi connectivity index (χ4v) is 6.67. The van der Waals surface area contributed by atoms with E-state index in [1.54, 1.807) is 0 Å². The summed E-state index contributed by atoms with van der Waals surface area (Å²) in [6.07, 6.45) is 9.49. The highest BCUT2D eigenvalue weighted by Crippen LogP contribution is 2.58. The third kappa shape index (κ3) is 3.54. The zero-order chi connectivity index (χ0) is 24.4. The van der Waals surface area contributed by atoms with Crippen LogP contribution in [-0.2, 0) is 24.0 Å². The molecule has 6 rings (SSSR count). The molecule has 2 saturated carbocycles. The lowest BCUT2D eigenvalue weighted by Crippen LogP contribution is -2.50. The Hall–Kier alpha value is -3.03. The van der Waals surface area contributed by atoms with Gasteiger partial charge in [0.05, 0.1) is 17.4 Å². The number of rotatable bonds is 7. The summed E-state index contributed by atoms with van der Waals surface area (Å²) < 4.78 is 0. The number of ketones is 2. The molecule has 1 saturated heterocycles. The molecule has 6 aliphatic rings. The quantitative estimate of drug-likeness (QED) is 0.254. The Kier molecular flexibility index (Phi) is 5.37. The predicted octanol–water partition coefficient (Wildman–Crippen LogP) is 1.87. The number of aliphatic carboxylic acids is 1. The normalized spacial score (nSPS) is 34.8. The number of likely N-dealkylation sites (tertiary alicyclic amines) is 1. The maximum atomic E-state index is 13.2. The SMILES string of the molecule is CC1(C)CC(=O)C(=C(CCCN2C(=O)C3C4C=CC(C5C=CC54)C3C2=O)NCC(=O)O)C(=O)C1.